The molecular weight excluding hydrogens is 369 g/mol. The molecule has 1 amide bonds. The maximum atomic E-state index is 12.8. The summed E-state index contributed by atoms with van der Waals surface area (Å²) in [5.74, 6) is -0.265. The molecule has 0 unspecified atom stereocenters. The lowest BCUT2D eigenvalue weighted by Gasteiger charge is -2.13. The average Bonchev–Trinajstić information content (AvgIpc) is 2.66. The van der Waals surface area contributed by atoms with Gasteiger partial charge in [0, 0.05) is 30.3 Å². The molecule has 0 fully saturated rings. The maximum Gasteiger partial charge on any atom is 0.416 e. The molecule has 0 aliphatic heterocycles. The average molecular weight is 388 g/mol. The van der Waals surface area contributed by atoms with Crippen molar-refractivity contribution in [1.29, 1.82) is 0 Å². The van der Waals surface area contributed by atoms with Crippen LogP contribution in [0.3, 0.4) is 0 Å². The summed E-state index contributed by atoms with van der Waals surface area (Å²) in [6.45, 7) is 2.23. The number of carbonyl (C=O) groups is 1. The van der Waals surface area contributed by atoms with E-state index < -0.39 is 11.7 Å². The lowest BCUT2D eigenvalue weighted by molar-refractivity contribution is -0.137. The van der Waals surface area contributed by atoms with Gasteiger partial charge in [-0.3, -0.25) is 9.78 Å². The van der Waals surface area contributed by atoms with E-state index in [1.807, 2.05) is 13.0 Å². The molecule has 146 valence electrons. The van der Waals surface area contributed by atoms with Gasteiger partial charge in [-0.1, -0.05) is 30.3 Å². The van der Waals surface area contributed by atoms with Gasteiger partial charge >= 0.3 is 6.18 Å². The normalized spacial score (nSPS) is 12.8. The molecule has 2 aromatic carbocycles. The molecule has 0 aliphatic rings. The molecule has 0 saturated heterocycles. The van der Waals surface area contributed by atoms with E-state index in [1.54, 1.807) is 25.3 Å². The van der Waals surface area contributed by atoms with Crippen LogP contribution in [-0.4, -0.2) is 30.6 Å². The lowest BCUT2D eigenvalue weighted by Crippen LogP contribution is -2.35. The Hall–Kier alpha value is -2.93. The number of alkyl halides is 3. The first-order chi connectivity index (χ1) is 13.3. The predicted octanol–water partition coefficient (Wildman–Crippen LogP) is 4.69. The first kappa shape index (κ1) is 19.8. The van der Waals surface area contributed by atoms with Crippen molar-refractivity contribution in [2.45, 2.75) is 19.1 Å². The summed E-state index contributed by atoms with van der Waals surface area (Å²) >= 11 is 0. The summed E-state index contributed by atoms with van der Waals surface area (Å²) in [5, 5.41) is 3.54. The summed E-state index contributed by atoms with van der Waals surface area (Å²) in [6, 6.07) is 11.9. The first-order valence-electron chi connectivity index (χ1n) is 8.66. The SMILES string of the molecule is COC[C@@H](C)NC(=O)c1cnc2c(-c3ccc(C(F)(F)F)cc3)cccc2c1. The molecule has 4 nitrogen and oxygen atoms in total. The summed E-state index contributed by atoms with van der Waals surface area (Å²) in [5.41, 5.74) is 1.64. The molecule has 0 aliphatic carbocycles. The third kappa shape index (κ3) is 4.31. The number of ether oxygens (including phenoxy) is 1. The number of para-hydroxylation sites is 1. The van der Waals surface area contributed by atoms with Crippen LogP contribution in [0, 0.1) is 0 Å². The fourth-order valence-corrected chi connectivity index (χ4v) is 2.96. The zero-order valence-corrected chi connectivity index (χ0v) is 15.4. The zero-order valence-electron chi connectivity index (χ0n) is 15.4. The number of carbonyl (C=O) groups excluding carboxylic acids is 1. The van der Waals surface area contributed by atoms with E-state index in [9.17, 15) is 18.0 Å². The van der Waals surface area contributed by atoms with E-state index >= 15 is 0 Å². The van der Waals surface area contributed by atoms with Crippen molar-refractivity contribution in [3.8, 4) is 11.1 Å². The van der Waals surface area contributed by atoms with Crippen LogP contribution in [0.25, 0.3) is 22.0 Å². The smallest absolute Gasteiger partial charge is 0.383 e. The Morgan fingerprint density at radius 1 is 1.18 bits per heavy atom. The van der Waals surface area contributed by atoms with Gasteiger partial charge in [-0.25, -0.2) is 0 Å². The van der Waals surface area contributed by atoms with Crippen LogP contribution in [0.1, 0.15) is 22.8 Å². The Morgan fingerprint density at radius 2 is 1.89 bits per heavy atom. The largest absolute Gasteiger partial charge is 0.416 e. The van der Waals surface area contributed by atoms with Gasteiger partial charge in [0.25, 0.3) is 5.91 Å². The molecule has 0 radical (unpaired) electrons. The summed E-state index contributed by atoms with van der Waals surface area (Å²) in [4.78, 5) is 16.7. The molecule has 0 bridgehead atoms. The van der Waals surface area contributed by atoms with Gasteiger partial charge in [-0.05, 0) is 30.7 Å². The van der Waals surface area contributed by atoms with E-state index in [2.05, 4.69) is 10.3 Å². The highest BCUT2D eigenvalue weighted by molar-refractivity contribution is 6.00. The highest BCUT2D eigenvalue weighted by Crippen LogP contribution is 2.32. The first-order valence-corrected chi connectivity index (χ1v) is 8.66. The van der Waals surface area contributed by atoms with E-state index in [1.165, 1.54) is 18.3 Å². The summed E-state index contributed by atoms with van der Waals surface area (Å²) in [6.07, 6.45) is -2.91. The van der Waals surface area contributed by atoms with Gasteiger partial charge in [0.1, 0.15) is 0 Å². The number of methoxy groups -OCH3 is 1. The summed E-state index contributed by atoms with van der Waals surface area (Å²) < 4.78 is 43.3. The highest BCUT2D eigenvalue weighted by Gasteiger charge is 2.30. The quantitative estimate of drug-likeness (QED) is 0.690. The minimum absolute atomic E-state index is 0.147. The number of halogens is 3. The van der Waals surface area contributed by atoms with Crippen molar-refractivity contribution < 1.29 is 22.7 Å². The number of amides is 1. The minimum atomic E-state index is -4.38. The number of rotatable bonds is 5. The van der Waals surface area contributed by atoms with E-state index in [0.717, 1.165) is 17.5 Å². The minimum Gasteiger partial charge on any atom is -0.383 e. The fourth-order valence-electron chi connectivity index (χ4n) is 2.96. The van der Waals surface area contributed by atoms with E-state index in [4.69, 9.17) is 4.74 Å². The van der Waals surface area contributed by atoms with Gasteiger partial charge in [0.15, 0.2) is 0 Å². The Balaban J connectivity index is 1.93. The Labute approximate surface area is 160 Å². The number of hydrogen-bond donors (Lipinski definition) is 1. The van der Waals surface area contributed by atoms with E-state index in [0.29, 0.717) is 28.8 Å². The lowest BCUT2D eigenvalue weighted by atomic mass is 10.00. The van der Waals surface area contributed by atoms with Crippen LogP contribution in [0.15, 0.2) is 54.7 Å². The zero-order chi connectivity index (χ0) is 20.3. The third-order valence-corrected chi connectivity index (χ3v) is 4.29. The van der Waals surface area contributed by atoms with Crippen LogP contribution < -0.4 is 5.32 Å². The standard InChI is InChI=1S/C21H19F3N2O2/c1-13(12-28-2)26-20(27)16-10-15-4-3-5-18(19(15)25-11-16)14-6-8-17(9-7-14)21(22,23)24/h3-11,13H,12H2,1-2H3,(H,26,27)/t13-/m1/s1. The van der Waals surface area contributed by atoms with Gasteiger partial charge in [0.05, 0.1) is 23.3 Å². The van der Waals surface area contributed by atoms with Gasteiger partial charge in [-0.2, -0.15) is 13.2 Å². The van der Waals surface area contributed by atoms with Crippen LogP contribution >= 0.6 is 0 Å². The second-order valence-corrected chi connectivity index (χ2v) is 6.51. The molecule has 1 heterocycles. The maximum absolute atomic E-state index is 12.8. The molecule has 1 aromatic heterocycles. The van der Waals surface area contributed by atoms with E-state index in [-0.39, 0.29) is 11.9 Å². The van der Waals surface area contributed by atoms with Crippen molar-refractivity contribution >= 4 is 16.8 Å². The van der Waals surface area contributed by atoms with Gasteiger partial charge in [-0.15, -0.1) is 0 Å². The number of aromatic nitrogens is 1. The second-order valence-electron chi connectivity index (χ2n) is 6.51. The second kappa shape index (κ2) is 7.98. The fraction of sp³-hybridized carbons (Fsp3) is 0.238. The molecule has 1 N–H and O–H groups in total. The van der Waals surface area contributed by atoms with Crippen LogP contribution in [0.5, 0.6) is 0 Å². The van der Waals surface area contributed by atoms with Crippen LogP contribution in [-0.2, 0) is 10.9 Å². The number of nitrogens with one attached hydrogen (secondary N) is 1. The Bertz CT molecular complexity index is 985. The van der Waals surface area contributed by atoms with Crippen molar-refractivity contribution in [2.75, 3.05) is 13.7 Å². The number of nitrogens with zero attached hydrogens (tertiary/aromatic N) is 1. The monoisotopic (exact) mass is 388 g/mol. The third-order valence-electron chi connectivity index (χ3n) is 4.29. The van der Waals surface area contributed by atoms with Crippen molar-refractivity contribution in [3.05, 3.63) is 65.9 Å². The molecule has 1 atom stereocenters. The molecule has 0 spiro atoms. The molecule has 3 rings (SSSR count). The number of benzene rings is 2. The van der Waals surface area contributed by atoms with Gasteiger partial charge < -0.3 is 10.1 Å². The van der Waals surface area contributed by atoms with Crippen molar-refractivity contribution in [2.24, 2.45) is 0 Å². The van der Waals surface area contributed by atoms with Crippen LogP contribution in [0.2, 0.25) is 0 Å². The molecular formula is C21H19F3N2O2. The molecule has 28 heavy (non-hydrogen) atoms. The predicted molar refractivity (Wildman–Crippen MR) is 101 cm³/mol. The number of hydrogen-bond acceptors (Lipinski definition) is 3. The van der Waals surface area contributed by atoms with Gasteiger partial charge in [0.2, 0.25) is 0 Å². The van der Waals surface area contributed by atoms with Crippen molar-refractivity contribution in [1.82, 2.24) is 10.3 Å². The molecule has 0 saturated carbocycles. The number of pyridine rings is 1. The number of fused-ring (bicyclic) bond motifs is 1. The molecule has 7 heteroatoms. The highest BCUT2D eigenvalue weighted by atomic mass is 19.4. The summed E-state index contributed by atoms with van der Waals surface area (Å²) in [7, 11) is 1.56. The van der Waals surface area contributed by atoms with Crippen molar-refractivity contribution in [3.63, 3.8) is 0 Å². The molecule has 3 aromatic rings. The topological polar surface area (TPSA) is 51.2 Å². The Kier molecular flexibility index (Phi) is 5.65. The Morgan fingerprint density at radius 3 is 2.54 bits per heavy atom. The van der Waals surface area contributed by atoms with Crippen LogP contribution in [0.4, 0.5) is 13.2 Å².